The zero-order valence-electron chi connectivity index (χ0n) is 24.6. The van der Waals surface area contributed by atoms with Crippen LogP contribution in [0.4, 0.5) is 9.59 Å². The number of carbonyl (C=O) groups is 4. The van der Waals surface area contributed by atoms with E-state index in [9.17, 15) is 19.2 Å². The van der Waals surface area contributed by atoms with Gasteiger partial charge in [0.2, 0.25) is 0 Å². The van der Waals surface area contributed by atoms with Crippen molar-refractivity contribution in [2.24, 2.45) is 0 Å². The first-order valence-corrected chi connectivity index (χ1v) is 12.8. The Kier molecular flexibility index (Phi) is 13.6. The predicted octanol–water partition coefficient (Wildman–Crippen LogP) is 4.39. The molecule has 10 heteroatoms. The molecule has 1 aromatic rings. The molecule has 218 valence electrons. The molecule has 0 unspecified atom stereocenters. The van der Waals surface area contributed by atoms with Crippen molar-refractivity contribution < 1.29 is 38.1 Å². The molecule has 0 saturated heterocycles. The van der Waals surface area contributed by atoms with Gasteiger partial charge in [0.25, 0.3) is 0 Å². The van der Waals surface area contributed by atoms with E-state index in [1.165, 1.54) is 0 Å². The minimum Gasteiger partial charge on any atom is -0.459 e. The molecule has 1 aromatic carbocycles. The van der Waals surface area contributed by atoms with Crippen molar-refractivity contribution >= 4 is 24.1 Å². The lowest BCUT2D eigenvalue weighted by Gasteiger charge is -2.22. The van der Waals surface area contributed by atoms with Crippen LogP contribution in [0, 0.1) is 23.7 Å². The Labute approximate surface area is 236 Å². The fraction of sp³-hybridized carbons (Fsp3) is 0.533. The lowest BCUT2D eigenvalue weighted by Crippen LogP contribution is -2.44. The van der Waals surface area contributed by atoms with Crippen LogP contribution < -0.4 is 10.6 Å². The second-order valence-electron chi connectivity index (χ2n) is 10.7. The summed E-state index contributed by atoms with van der Waals surface area (Å²) in [7, 11) is 0. The highest BCUT2D eigenvalue weighted by atomic mass is 16.6. The van der Waals surface area contributed by atoms with Crippen LogP contribution in [-0.2, 0) is 41.8 Å². The minimum absolute atomic E-state index is 0.0610. The molecule has 0 saturated carbocycles. The van der Waals surface area contributed by atoms with Gasteiger partial charge in [0.1, 0.15) is 36.5 Å². The molecule has 40 heavy (non-hydrogen) atoms. The van der Waals surface area contributed by atoms with Gasteiger partial charge in [0, 0.05) is 12.8 Å². The van der Waals surface area contributed by atoms with Gasteiger partial charge in [-0.3, -0.25) is 0 Å². The maximum Gasteiger partial charge on any atom is 0.408 e. The fourth-order valence-electron chi connectivity index (χ4n) is 3.01. The Hall–Kier alpha value is -4.18. The van der Waals surface area contributed by atoms with Crippen LogP contribution in [0.3, 0.4) is 0 Å². The minimum atomic E-state index is -1.01. The van der Waals surface area contributed by atoms with Gasteiger partial charge in [0.15, 0.2) is 0 Å². The monoisotopic (exact) mass is 556 g/mol. The summed E-state index contributed by atoms with van der Waals surface area (Å²) in [5, 5.41) is 4.99. The largest absolute Gasteiger partial charge is 0.459 e. The molecule has 2 N–H and O–H groups in total. The van der Waals surface area contributed by atoms with E-state index >= 15 is 0 Å². The number of rotatable bonds is 10. The van der Waals surface area contributed by atoms with Crippen LogP contribution >= 0.6 is 0 Å². The summed E-state index contributed by atoms with van der Waals surface area (Å²) in [5.41, 5.74) is -0.179. The van der Waals surface area contributed by atoms with Crippen molar-refractivity contribution in [3.63, 3.8) is 0 Å². The number of nitrogens with one attached hydrogen (secondary N) is 2. The normalized spacial score (nSPS) is 12.2. The van der Waals surface area contributed by atoms with E-state index in [0.29, 0.717) is 11.1 Å². The number of hydrogen-bond acceptors (Lipinski definition) is 8. The molecular weight excluding hydrogens is 516 g/mol. The van der Waals surface area contributed by atoms with E-state index in [4.69, 9.17) is 18.9 Å². The standard InChI is InChI=1S/C30H40N2O8/c1-9-11-16-23(31-27(35)39-29(3,4)5)25(33)37-19-21-14-13-15-22(18-21)20-38-26(34)24(17-12-10-2)32-28(36)40-30(6,7)8/h13-15,18,23-24H,16-17,19-20H2,1-8H3,(H,31,35)(H,32,36)/t23-,24-/m1/s1. The third-order valence-corrected chi connectivity index (χ3v) is 4.67. The molecule has 0 aliphatic heterocycles. The average Bonchev–Trinajstić information content (AvgIpc) is 2.84. The maximum absolute atomic E-state index is 12.7. The van der Waals surface area contributed by atoms with E-state index in [1.807, 2.05) is 0 Å². The molecule has 2 atom stereocenters. The van der Waals surface area contributed by atoms with Crippen molar-refractivity contribution in [3.8, 4) is 23.7 Å². The lowest BCUT2D eigenvalue weighted by atomic mass is 10.1. The Morgan fingerprint density at radius 2 is 1.10 bits per heavy atom. The molecule has 0 spiro atoms. The number of carbonyl (C=O) groups excluding carboxylic acids is 4. The Morgan fingerprint density at radius 3 is 1.43 bits per heavy atom. The van der Waals surface area contributed by atoms with E-state index < -0.39 is 47.4 Å². The van der Waals surface area contributed by atoms with Gasteiger partial charge in [-0.2, -0.15) is 0 Å². The zero-order chi connectivity index (χ0) is 30.3. The quantitative estimate of drug-likeness (QED) is 0.247. The van der Waals surface area contributed by atoms with Gasteiger partial charge in [-0.15, -0.1) is 23.7 Å². The molecule has 0 fully saturated rings. The second-order valence-corrected chi connectivity index (χ2v) is 10.7. The fourth-order valence-corrected chi connectivity index (χ4v) is 3.01. The number of ether oxygens (including phenoxy) is 4. The van der Waals surface area contributed by atoms with Crippen molar-refractivity contribution in [1.29, 1.82) is 0 Å². The first-order chi connectivity index (χ1) is 18.6. The van der Waals surface area contributed by atoms with Crippen LogP contribution in [0.2, 0.25) is 0 Å². The van der Waals surface area contributed by atoms with Gasteiger partial charge >= 0.3 is 24.1 Å². The highest BCUT2D eigenvalue weighted by Crippen LogP contribution is 2.12. The number of benzene rings is 1. The SMILES string of the molecule is CC#CC[C@@H](NC(=O)OC(C)(C)C)C(=O)OCc1cccc(COC(=O)[C@@H](CC#CC)NC(=O)OC(C)(C)C)c1. The van der Waals surface area contributed by atoms with Gasteiger partial charge in [-0.1, -0.05) is 18.2 Å². The summed E-state index contributed by atoms with van der Waals surface area (Å²) in [4.78, 5) is 49.6. The van der Waals surface area contributed by atoms with E-state index in [-0.39, 0.29) is 26.1 Å². The number of esters is 2. The smallest absolute Gasteiger partial charge is 0.408 e. The summed E-state index contributed by atoms with van der Waals surface area (Å²) < 4.78 is 21.2. The first kappa shape index (κ1) is 33.8. The molecule has 10 nitrogen and oxygen atoms in total. The molecular formula is C30H40N2O8. The van der Waals surface area contributed by atoms with Crippen molar-refractivity contribution in [3.05, 3.63) is 35.4 Å². The summed E-state index contributed by atoms with van der Waals surface area (Å²) in [6.07, 6.45) is -1.38. The average molecular weight is 557 g/mol. The summed E-state index contributed by atoms with van der Waals surface area (Å²) in [5.74, 6) is 9.57. The van der Waals surface area contributed by atoms with Crippen LogP contribution in [0.25, 0.3) is 0 Å². The van der Waals surface area contributed by atoms with E-state index in [2.05, 4.69) is 34.3 Å². The maximum atomic E-state index is 12.7. The molecule has 0 heterocycles. The highest BCUT2D eigenvalue weighted by Gasteiger charge is 2.26. The molecule has 1 rings (SSSR count). The van der Waals surface area contributed by atoms with Crippen molar-refractivity contribution in [2.45, 2.75) is 105 Å². The van der Waals surface area contributed by atoms with Gasteiger partial charge in [-0.05, 0) is 72.6 Å². The van der Waals surface area contributed by atoms with Crippen molar-refractivity contribution in [1.82, 2.24) is 10.6 Å². The van der Waals surface area contributed by atoms with Crippen LogP contribution in [0.5, 0.6) is 0 Å². The van der Waals surface area contributed by atoms with Gasteiger partial charge in [0.05, 0.1) is 0 Å². The molecule has 2 amide bonds. The summed E-state index contributed by atoms with van der Waals surface area (Å²) >= 11 is 0. The van der Waals surface area contributed by atoms with Gasteiger partial charge in [-0.25, -0.2) is 19.2 Å². The second kappa shape index (κ2) is 16.0. The Bertz CT molecular complexity index is 1070. The molecule has 0 aliphatic carbocycles. The number of amides is 2. The summed E-state index contributed by atoms with van der Waals surface area (Å²) in [6.45, 7) is 13.4. The van der Waals surface area contributed by atoms with Crippen LogP contribution in [-0.4, -0.2) is 47.4 Å². The van der Waals surface area contributed by atoms with Crippen LogP contribution in [0.1, 0.15) is 79.4 Å². The van der Waals surface area contributed by atoms with Crippen molar-refractivity contribution in [2.75, 3.05) is 0 Å². The molecule has 0 aliphatic rings. The lowest BCUT2D eigenvalue weighted by molar-refractivity contribution is -0.147. The third kappa shape index (κ3) is 14.7. The van der Waals surface area contributed by atoms with Crippen LogP contribution in [0.15, 0.2) is 24.3 Å². The topological polar surface area (TPSA) is 129 Å². The predicted molar refractivity (Wildman–Crippen MR) is 148 cm³/mol. The highest BCUT2D eigenvalue weighted by molar-refractivity contribution is 5.82. The van der Waals surface area contributed by atoms with Gasteiger partial charge < -0.3 is 29.6 Å². The molecule has 0 radical (unpaired) electrons. The molecule has 0 bridgehead atoms. The van der Waals surface area contributed by atoms with E-state index in [0.717, 1.165) is 0 Å². The number of alkyl carbamates (subject to hydrolysis) is 2. The zero-order valence-corrected chi connectivity index (χ0v) is 24.6. The number of hydrogen-bond donors (Lipinski definition) is 2. The Morgan fingerprint density at radius 1 is 0.725 bits per heavy atom. The van der Waals surface area contributed by atoms with E-state index in [1.54, 1.807) is 79.7 Å². The first-order valence-electron chi connectivity index (χ1n) is 12.8. The third-order valence-electron chi connectivity index (χ3n) is 4.67. The summed E-state index contributed by atoms with van der Waals surface area (Å²) in [6, 6.07) is 4.91. The molecule has 0 aromatic heterocycles. The Balaban J connectivity index is 2.78.